The maximum absolute atomic E-state index is 12.9. The number of furan rings is 1. The molecule has 4 aromatic rings. The molecule has 6 nitrogen and oxygen atoms in total. The average molecular weight is 364 g/mol. The van der Waals surface area contributed by atoms with Crippen LogP contribution in [-0.2, 0) is 6.54 Å². The zero-order valence-electron chi connectivity index (χ0n) is 14.3. The minimum atomic E-state index is -0.221. The van der Waals surface area contributed by atoms with E-state index in [0.717, 1.165) is 21.7 Å². The number of nitrogens with zero attached hydrogens (tertiary/aromatic N) is 4. The molecule has 26 heavy (non-hydrogen) atoms. The highest BCUT2D eigenvalue weighted by Crippen LogP contribution is 2.30. The Balaban J connectivity index is 1.67. The fourth-order valence-corrected chi connectivity index (χ4v) is 3.64. The second-order valence-corrected chi connectivity index (χ2v) is 6.94. The third-order valence-electron chi connectivity index (χ3n) is 3.93. The number of benzene rings is 1. The molecule has 0 saturated heterocycles. The van der Waals surface area contributed by atoms with Crippen molar-refractivity contribution in [2.24, 2.45) is 0 Å². The Labute approximate surface area is 154 Å². The van der Waals surface area contributed by atoms with E-state index in [1.54, 1.807) is 18.1 Å². The lowest BCUT2D eigenvalue weighted by Gasteiger charge is -2.16. The molecule has 0 unspecified atom stereocenters. The number of amides is 1. The molecule has 4 rings (SSSR count). The summed E-state index contributed by atoms with van der Waals surface area (Å²) in [5, 5.41) is 0.685. The molecule has 0 spiro atoms. The lowest BCUT2D eigenvalue weighted by molar-refractivity contribution is 0.0769. The quantitative estimate of drug-likeness (QED) is 0.549. The fourth-order valence-electron chi connectivity index (χ4n) is 2.68. The van der Waals surface area contributed by atoms with Gasteiger partial charge in [0.05, 0.1) is 16.8 Å². The Hall–Kier alpha value is -3.06. The SMILES string of the molecule is Cc1ccc(CN(C)C(=O)c2nccnc2-c2nc3ccccc3s2)o1. The number of hydrogen-bond donors (Lipinski definition) is 0. The highest BCUT2D eigenvalue weighted by Gasteiger charge is 2.22. The van der Waals surface area contributed by atoms with Gasteiger partial charge in [-0.2, -0.15) is 0 Å². The summed E-state index contributed by atoms with van der Waals surface area (Å²) in [5.41, 5.74) is 1.68. The first-order valence-electron chi connectivity index (χ1n) is 8.09. The van der Waals surface area contributed by atoms with Crippen LogP contribution in [0.25, 0.3) is 20.9 Å². The molecule has 1 aromatic carbocycles. The molecule has 1 amide bonds. The summed E-state index contributed by atoms with van der Waals surface area (Å²) in [4.78, 5) is 27.7. The molecule has 0 atom stereocenters. The van der Waals surface area contributed by atoms with Gasteiger partial charge < -0.3 is 9.32 Å². The number of carbonyl (C=O) groups excluding carboxylic acids is 1. The summed E-state index contributed by atoms with van der Waals surface area (Å²) in [6.45, 7) is 2.24. The molecule has 0 radical (unpaired) electrons. The zero-order valence-corrected chi connectivity index (χ0v) is 15.2. The summed E-state index contributed by atoms with van der Waals surface area (Å²) in [6, 6.07) is 11.6. The van der Waals surface area contributed by atoms with Gasteiger partial charge in [0.1, 0.15) is 22.2 Å². The van der Waals surface area contributed by atoms with Crippen LogP contribution >= 0.6 is 11.3 Å². The molecular weight excluding hydrogens is 348 g/mol. The zero-order chi connectivity index (χ0) is 18.1. The van der Waals surface area contributed by atoms with Gasteiger partial charge in [-0.25, -0.2) is 15.0 Å². The lowest BCUT2D eigenvalue weighted by atomic mass is 10.2. The number of fused-ring (bicyclic) bond motifs is 1. The second kappa shape index (κ2) is 6.68. The van der Waals surface area contributed by atoms with E-state index in [4.69, 9.17) is 4.42 Å². The Bertz CT molecular complexity index is 1050. The predicted molar refractivity (Wildman–Crippen MR) is 99.9 cm³/mol. The summed E-state index contributed by atoms with van der Waals surface area (Å²) >= 11 is 1.50. The minimum Gasteiger partial charge on any atom is -0.464 e. The molecule has 0 fully saturated rings. The molecule has 0 aliphatic rings. The van der Waals surface area contributed by atoms with Crippen molar-refractivity contribution in [3.8, 4) is 10.7 Å². The summed E-state index contributed by atoms with van der Waals surface area (Å²) in [6.07, 6.45) is 3.10. The van der Waals surface area contributed by atoms with Gasteiger partial charge >= 0.3 is 0 Å². The summed E-state index contributed by atoms with van der Waals surface area (Å²) < 4.78 is 6.60. The van der Waals surface area contributed by atoms with Gasteiger partial charge in [0.2, 0.25) is 0 Å². The maximum Gasteiger partial charge on any atom is 0.274 e. The van der Waals surface area contributed by atoms with Gasteiger partial charge in [-0.3, -0.25) is 4.79 Å². The van der Waals surface area contributed by atoms with E-state index < -0.39 is 0 Å². The van der Waals surface area contributed by atoms with Gasteiger partial charge in [0, 0.05) is 19.4 Å². The normalized spacial score (nSPS) is 11.0. The number of hydrogen-bond acceptors (Lipinski definition) is 6. The Morgan fingerprint density at radius 2 is 1.96 bits per heavy atom. The Morgan fingerprint density at radius 3 is 2.73 bits per heavy atom. The van der Waals surface area contributed by atoms with E-state index in [2.05, 4.69) is 15.0 Å². The molecular formula is C19H16N4O2S. The van der Waals surface area contributed by atoms with Gasteiger partial charge in [-0.1, -0.05) is 12.1 Å². The van der Waals surface area contributed by atoms with Crippen molar-refractivity contribution in [1.29, 1.82) is 0 Å². The smallest absolute Gasteiger partial charge is 0.274 e. The van der Waals surface area contributed by atoms with Crippen molar-refractivity contribution in [3.63, 3.8) is 0 Å². The standard InChI is InChI=1S/C19H16N4O2S/c1-12-7-8-13(25-12)11-23(2)19(24)17-16(20-9-10-21-17)18-22-14-5-3-4-6-15(14)26-18/h3-10H,11H2,1-2H3. The minimum absolute atomic E-state index is 0.221. The monoisotopic (exact) mass is 364 g/mol. The number of para-hydroxylation sites is 1. The van der Waals surface area contributed by atoms with Crippen LogP contribution in [0.4, 0.5) is 0 Å². The van der Waals surface area contributed by atoms with Crippen LogP contribution in [0.5, 0.6) is 0 Å². The van der Waals surface area contributed by atoms with Crippen LogP contribution < -0.4 is 0 Å². The number of aromatic nitrogens is 3. The molecule has 7 heteroatoms. The van der Waals surface area contributed by atoms with Gasteiger partial charge in [0.25, 0.3) is 5.91 Å². The van der Waals surface area contributed by atoms with Gasteiger partial charge in [-0.05, 0) is 31.2 Å². The third kappa shape index (κ3) is 3.09. The van der Waals surface area contributed by atoms with Gasteiger partial charge in [-0.15, -0.1) is 11.3 Å². The van der Waals surface area contributed by atoms with Crippen molar-refractivity contribution in [2.45, 2.75) is 13.5 Å². The predicted octanol–water partition coefficient (Wildman–Crippen LogP) is 3.93. The lowest BCUT2D eigenvalue weighted by Crippen LogP contribution is -2.27. The van der Waals surface area contributed by atoms with Gasteiger partial charge in [0.15, 0.2) is 5.69 Å². The van der Waals surface area contributed by atoms with E-state index in [9.17, 15) is 4.79 Å². The highest BCUT2D eigenvalue weighted by atomic mass is 32.1. The third-order valence-corrected chi connectivity index (χ3v) is 4.98. The largest absolute Gasteiger partial charge is 0.464 e. The van der Waals surface area contributed by atoms with Crippen molar-refractivity contribution in [1.82, 2.24) is 19.9 Å². The van der Waals surface area contributed by atoms with E-state index >= 15 is 0 Å². The van der Waals surface area contributed by atoms with E-state index in [1.165, 1.54) is 17.5 Å². The first kappa shape index (κ1) is 16.4. The number of carbonyl (C=O) groups is 1. The molecule has 0 aliphatic heterocycles. The van der Waals surface area contributed by atoms with E-state index in [1.807, 2.05) is 43.3 Å². The molecule has 0 saturated carbocycles. The number of thiazole rings is 1. The maximum atomic E-state index is 12.9. The van der Waals surface area contributed by atoms with Crippen molar-refractivity contribution in [2.75, 3.05) is 7.05 Å². The van der Waals surface area contributed by atoms with Crippen LogP contribution in [-0.4, -0.2) is 32.8 Å². The van der Waals surface area contributed by atoms with Crippen LogP contribution in [0.1, 0.15) is 22.0 Å². The first-order valence-corrected chi connectivity index (χ1v) is 8.91. The van der Waals surface area contributed by atoms with E-state index in [-0.39, 0.29) is 11.6 Å². The van der Waals surface area contributed by atoms with Crippen molar-refractivity contribution in [3.05, 3.63) is 66.0 Å². The molecule has 3 aromatic heterocycles. The van der Waals surface area contributed by atoms with Crippen molar-refractivity contribution < 1.29 is 9.21 Å². The molecule has 130 valence electrons. The molecule has 0 bridgehead atoms. The summed E-state index contributed by atoms with van der Waals surface area (Å²) in [5.74, 6) is 1.32. The fraction of sp³-hybridized carbons (Fsp3) is 0.158. The highest BCUT2D eigenvalue weighted by molar-refractivity contribution is 7.21. The van der Waals surface area contributed by atoms with Crippen LogP contribution in [0, 0.1) is 6.92 Å². The average Bonchev–Trinajstić information content (AvgIpc) is 3.26. The van der Waals surface area contributed by atoms with E-state index in [0.29, 0.717) is 17.2 Å². The Kier molecular flexibility index (Phi) is 4.22. The molecule has 0 aliphatic carbocycles. The Morgan fingerprint density at radius 1 is 1.15 bits per heavy atom. The number of aryl methyl sites for hydroxylation is 1. The van der Waals surface area contributed by atoms with Crippen LogP contribution in [0.3, 0.4) is 0 Å². The van der Waals surface area contributed by atoms with Crippen LogP contribution in [0.2, 0.25) is 0 Å². The first-order chi connectivity index (χ1) is 12.6. The number of rotatable bonds is 4. The molecule has 3 heterocycles. The van der Waals surface area contributed by atoms with Crippen LogP contribution in [0.15, 0.2) is 53.2 Å². The summed E-state index contributed by atoms with van der Waals surface area (Å²) in [7, 11) is 1.72. The molecule has 0 N–H and O–H groups in total. The topological polar surface area (TPSA) is 72.1 Å². The second-order valence-electron chi connectivity index (χ2n) is 5.91. The van der Waals surface area contributed by atoms with Crippen molar-refractivity contribution >= 4 is 27.5 Å².